The van der Waals surface area contributed by atoms with Crippen LogP contribution in [0.1, 0.15) is 25.8 Å². The highest BCUT2D eigenvalue weighted by Crippen LogP contribution is 2.23. The lowest BCUT2D eigenvalue weighted by atomic mass is 9.99. The van der Waals surface area contributed by atoms with E-state index in [0.29, 0.717) is 11.1 Å². The number of benzene rings is 2. The highest BCUT2D eigenvalue weighted by molar-refractivity contribution is 6.31. The second-order valence-electron chi connectivity index (χ2n) is 8.91. The van der Waals surface area contributed by atoms with Crippen LogP contribution in [-0.2, 0) is 16.1 Å². The van der Waals surface area contributed by atoms with Crippen molar-refractivity contribution in [3.05, 3.63) is 70.8 Å². The Morgan fingerprint density at radius 1 is 1.19 bits per heavy atom. The fourth-order valence-electron chi connectivity index (χ4n) is 3.46. The van der Waals surface area contributed by atoms with Gasteiger partial charge in [0.15, 0.2) is 11.6 Å². The molecule has 4 N–H and O–H groups in total. The number of amides is 2. The van der Waals surface area contributed by atoms with Gasteiger partial charge in [-0.05, 0) is 44.0 Å². The minimum absolute atomic E-state index is 0.0232. The molecule has 3 rings (SSSR count). The molecule has 12 heteroatoms. The van der Waals surface area contributed by atoms with E-state index in [4.69, 9.17) is 20.9 Å². The molecule has 0 bridgehead atoms. The SMILES string of the molecule is CC(C)(O)C[C@@H](COC(=O)Nc1cc(-c2cccc(F)c2)on1)NC(=O)CNCc1cccc(F)c1Cl. The molecule has 0 unspecified atom stereocenters. The van der Waals surface area contributed by atoms with Gasteiger partial charge in [0.05, 0.1) is 23.2 Å². The summed E-state index contributed by atoms with van der Waals surface area (Å²) in [6, 6.07) is 10.8. The highest BCUT2D eigenvalue weighted by Gasteiger charge is 2.24. The lowest BCUT2D eigenvalue weighted by Crippen LogP contribution is -2.46. The number of hydrogen-bond acceptors (Lipinski definition) is 7. The van der Waals surface area contributed by atoms with Gasteiger partial charge in [-0.3, -0.25) is 10.1 Å². The number of aliphatic hydroxyl groups is 1. The number of ether oxygens (including phenoxy) is 1. The smallest absolute Gasteiger partial charge is 0.412 e. The number of anilines is 1. The van der Waals surface area contributed by atoms with E-state index in [0.717, 1.165) is 0 Å². The van der Waals surface area contributed by atoms with Gasteiger partial charge >= 0.3 is 6.09 Å². The van der Waals surface area contributed by atoms with Crippen LogP contribution in [0.15, 0.2) is 53.1 Å². The van der Waals surface area contributed by atoms with E-state index in [1.807, 2.05) is 0 Å². The average Bonchev–Trinajstić information content (AvgIpc) is 3.28. The number of halogens is 3. The zero-order chi connectivity index (χ0) is 27.0. The zero-order valence-electron chi connectivity index (χ0n) is 20.2. The number of carbonyl (C=O) groups is 2. The van der Waals surface area contributed by atoms with Crippen molar-refractivity contribution in [1.29, 1.82) is 0 Å². The van der Waals surface area contributed by atoms with Crippen LogP contribution in [0.2, 0.25) is 5.02 Å². The summed E-state index contributed by atoms with van der Waals surface area (Å²) in [6.07, 6.45) is -0.775. The van der Waals surface area contributed by atoms with Crippen molar-refractivity contribution in [1.82, 2.24) is 15.8 Å². The summed E-state index contributed by atoms with van der Waals surface area (Å²) in [7, 11) is 0. The maximum absolute atomic E-state index is 13.5. The first kappa shape index (κ1) is 28.0. The number of hydrogen-bond donors (Lipinski definition) is 4. The van der Waals surface area contributed by atoms with E-state index in [2.05, 4.69) is 21.1 Å². The first-order chi connectivity index (χ1) is 17.5. The molecular formula is C25H27ClF2N4O5. The Kier molecular flexibility index (Phi) is 9.56. The van der Waals surface area contributed by atoms with E-state index in [1.54, 1.807) is 26.0 Å². The molecular weight excluding hydrogens is 510 g/mol. The van der Waals surface area contributed by atoms with Gasteiger partial charge in [-0.15, -0.1) is 0 Å². The van der Waals surface area contributed by atoms with Crippen molar-refractivity contribution in [3.8, 4) is 11.3 Å². The molecule has 0 saturated carbocycles. The van der Waals surface area contributed by atoms with Gasteiger partial charge in [0.2, 0.25) is 5.91 Å². The Bertz CT molecular complexity index is 1230. The van der Waals surface area contributed by atoms with Crippen molar-refractivity contribution in [2.45, 2.75) is 38.5 Å². The van der Waals surface area contributed by atoms with Gasteiger partial charge in [-0.2, -0.15) is 0 Å². The summed E-state index contributed by atoms with van der Waals surface area (Å²) in [5.74, 6) is -1.14. The third-order valence-electron chi connectivity index (χ3n) is 5.01. The second kappa shape index (κ2) is 12.6. The lowest BCUT2D eigenvalue weighted by molar-refractivity contribution is -0.121. The fraction of sp³-hybridized carbons (Fsp3) is 0.320. The van der Waals surface area contributed by atoms with Crippen molar-refractivity contribution >= 4 is 29.4 Å². The molecule has 2 amide bonds. The van der Waals surface area contributed by atoms with Crippen LogP contribution in [-0.4, -0.2) is 47.1 Å². The summed E-state index contributed by atoms with van der Waals surface area (Å²) in [5.41, 5.74) is -0.224. The molecule has 0 spiro atoms. The number of nitrogens with one attached hydrogen (secondary N) is 3. The van der Waals surface area contributed by atoms with Crippen LogP contribution < -0.4 is 16.0 Å². The predicted octanol–water partition coefficient (Wildman–Crippen LogP) is 4.26. The first-order valence-corrected chi connectivity index (χ1v) is 11.7. The summed E-state index contributed by atoms with van der Waals surface area (Å²) in [4.78, 5) is 24.7. The third-order valence-corrected chi connectivity index (χ3v) is 5.43. The van der Waals surface area contributed by atoms with Gasteiger partial charge < -0.3 is 25.0 Å². The number of aromatic nitrogens is 1. The Balaban J connectivity index is 1.50. The molecule has 0 aliphatic heterocycles. The average molecular weight is 537 g/mol. The van der Waals surface area contributed by atoms with Crippen molar-refractivity contribution < 1.29 is 32.7 Å². The largest absolute Gasteiger partial charge is 0.447 e. The van der Waals surface area contributed by atoms with Gasteiger partial charge in [0.25, 0.3) is 0 Å². The van der Waals surface area contributed by atoms with Crippen molar-refractivity contribution in [3.63, 3.8) is 0 Å². The number of rotatable bonds is 11. The van der Waals surface area contributed by atoms with Crippen molar-refractivity contribution in [2.24, 2.45) is 0 Å². The van der Waals surface area contributed by atoms with E-state index < -0.39 is 35.3 Å². The van der Waals surface area contributed by atoms with Crippen LogP contribution in [0.3, 0.4) is 0 Å². The Labute approximate surface area is 217 Å². The molecule has 2 aromatic carbocycles. The fourth-order valence-corrected chi connectivity index (χ4v) is 3.65. The summed E-state index contributed by atoms with van der Waals surface area (Å²) >= 11 is 5.91. The molecule has 3 aromatic rings. The van der Waals surface area contributed by atoms with E-state index >= 15 is 0 Å². The molecule has 0 aliphatic carbocycles. The number of carbonyl (C=O) groups excluding carboxylic acids is 2. The van der Waals surface area contributed by atoms with Gasteiger partial charge in [0, 0.05) is 18.2 Å². The van der Waals surface area contributed by atoms with Crippen LogP contribution in [0.25, 0.3) is 11.3 Å². The maximum atomic E-state index is 13.5. The lowest BCUT2D eigenvalue weighted by Gasteiger charge is -2.25. The molecule has 0 fully saturated rings. The monoisotopic (exact) mass is 536 g/mol. The molecule has 1 atom stereocenters. The first-order valence-electron chi connectivity index (χ1n) is 11.3. The quantitative estimate of drug-likeness (QED) is 0.288. The van der Waals surface area contributed by atoms with Crippen LogP contribution in [0, 0.1) is 11.6 Å². The Hall–Kier alpha value is -3.54. The molecule has 0 aliphatic rings. The third kappa shape index (κ3) is 9.12. The standard InChI is InChI=1S/C25H27ClF2N4O5/c1-25(2,35)11-18(30-22(33)13-29-12-16-6-4-8-19(28)23(16)26)14-36-24(34)31-21-10-20(37-32-21)15-5-3-7-17(27)9-15/h3-10,18,29,35H,11-14H2,1-2H3,(H,30,33)(H,31,32,34)/t18-/m0/s1. The second-order valence-corrected chi connectivity index (χ2v) is 9.29. The van der Waals surface area contributed by atoms with Crippen LogP contribution in [0.4, 0.5) is 19.4 Å². The molecule has 9 nitrogen and oxygen atoms in total. The van der Waals surface area contributed by atoms with Crippen LogP contribution >= 0.6 is 11.6 Å². The minimum Gasteiger partial charge on any atom is -0.447 e. The summed E-state index contributed by atoms with van der Waals surface area (Å²) in [6.45, 7) is 2.91. The highest BCUT2D eigenvalue weighted by atomic mass is 35.5. The van der Waals surface area contributed by atoms with E-state index in [1.165, 1.54) is 36.4 Å². The minimum atomic E-state index is -1.16. The summed E-state index contributed by atoms with van der Waals surface area (Å²) < 4.78 is 37.3. The number of nitrogens with zero attached hydrogens (tertiary/aromatic N) is 1. The molecule has 1 aromatic heterocycles. The topological polar surface area (TPSA) is 126 Å². The Morgan fingerprint density at radius 2 is 1.95 bits per heavy atom. The molecule has 0 radical (unpaired) electrons. The van der Waals surface area contributed by atoms with Gasteiger partial charge in [-0.25, -0.2) is 13.6 Å². The predicted molar refractivity (Wildman–Crippen MR) is 133 cm³/mol. The normalized spacial score (nSPS) is 12.2. The molecule has 0 saturated heterocycles. The van der Waals surface area contributed by atoms with Gasteiger partial charge in [0.1, 0.15) is 18.2 Å². The zero-order valence-corrected chi connectivity index (χ0v) is 20.9. The van der Waals surface area contributed by atoms with Crippen molar-refractivity contribution in [2.75, 3.05) is 18.5 Å². The molecule has 37 heavy (non-hydrogen) atoms. The van der Waals surface area contributed by atoms with Gasteiger partial charge in [-0.1, -0.05) is 41.0 Å². The Morgan fingerprint density at radius 3 is 2.68 bits per heavy atom. The molecule has 1 heterocycles. The van der Waals surface area contributed by atoms with Crippen LogP contribution in [0.5, 0.6) is 0 Å². The summed E-state index contributed by atoms with van der Waals surface area (Å²) in [5, 5.41) is 21.8. The maximum Gasteiger partial charge on any atom is 0.412 e. The molecule has 198 valence electrons. The van der Waals surface area contributed by atoms with E-state index in [-0.39, 0.29) is 42.7 Å². The van der Waals surface area contributed by atoms with E-state index in [9.17, 15) is 23.5 Å².